The summed E-state index contributed by atoms with van der Waals surface area (Å²) in [6.07, 6.45) is 3.18. The zero-order chi connectivity index (χ0) is 18.2. The molecule has 0 saturated carbocycles. The van der Waals surface area contributed by atoms with Gasteiger partial charge in [-0.3, -0.25) is 10.1 Å². The predicted molar refractivity (Wildman–Crippen MR) is 104 cm³/mol. The summed E-state index contributed by atoms with van der Waals surface area (Å²) in [7, 11) is -3.27. The molecule has 0 fully saturated rings. The topological polar surface area (TPSA) is 76.1 Å². The van der Waals surface area contributed by atoms with E-state index in [-0.39, 0.29) is 10.8 Å². The van der Waals surface area contributed by atoms with Gasteiger partial charge in [0, 0.05) is 11.1 Å². The second-order valence-corrected chi connectivity index (χ2v) is 10.1. The molecule has 0 atom stereocenters. The Kier molecular flexibility index (Phi) is 4.95. The largest absolute Gasteiger partial charge is 0.297 e. The van der Waals surface area contributed by atoms with Gasteiger partial charge in [-0.05, 0) is 43.2 Å². The van der Waals surface area contributed by atoms with E-state index in [1.807, 2.05) is 13.0 Å². The van der Waals surface area contributed by atoms with Crippen LogP contribution >= 0.6 is 22.7 Å². The lowest BCUT2D eigenvalue weighted by Gasteiger charge is -1.97. The highest BCUT2D eigenvalue weighted by Crippen LogP contribution is 2.29. The molecule has 2 heterocycles. The number of hydrogen-bond donors (Lipinski definition) is 1. The molecule has 0 spiro atoms. The van der Waals surface area contributed by atoms with Gasteiger partial charge in [0.05, 0.1) is 20.0 Å². The number of nitrogens with zero attached hydrogens (tertiary/aromatic N) is 1. The molecule has 1 aromatic carbocycles. The molecular weight excluding hydrogens is 376 g/mol. The van der Waals surface area contributed by atoms with Crippen LogP contribution in [0.1, 0.15) is 33.5 Å². The van der Waals surface area contributed by atoms with Gasteiger partial charge in [0.1, 0.15) is 0 Å². The maximum absolute atomic E-state index is 12.5. The molecule has 3 rings (SSSR count). The standard InChI is InChI=1S/C17H18N2O3S3/c1-4-5-11-8-15(23-10(11)2)16(20)19-17-18-13-7-6-12(25(3,21)22)9-14(13)24-17/h6-9H,4-5H2,1-3H3,(H,18,19,20). The number of thiophene rings is 1. The number of rotatable bonds is 5. The Labute approximate surface area is 154 Å². The molecule has 5 nitrogen and oxygen atoms in total. The Morgan fingerprint density at radius 1 is 1.24 bits per heavy atom. The first-order valence-corrected chi connectivity index (χ1v) is 11.3. The van der Waals surface area contributed by atoms with Gasteiger partial charge >= 0.3 is 0 Å². The van der Waals surface area contributed by atoms with E-state index in [4.69, 9.17) is 0 Å². The highest BCUT2D eigenvalue weighted by Gasteiger charge is 2.15. The van der Waals surface area contributed by atoms with Gasteiger partial charge in [-0.2, -0.15) is 0 Å². The maximum Gasteiger partial charge on any atom is 0.267 e. The summed E-state index contributed by atoms with van der Waals surface area (Å²) in [5, 5.41) is 3.28. The van der Waals surface area contributed by atoms with Crippen LogP contribution in [0.5, 0.6) is 0 Å². The molecule has 25 heavy (non-hydrogen) atoms. The molecule has 1 amide bonds. The highest BCUT2D eigenvalue weighted by atomic mass is 32.2. The number of amides is 1. The summed E-state index contributed by atoms with van der Waals surface area (Å²) in [4.78, 5) is 18.9. The quantitative estimate of drug-likeness (QED) is 0.701. The van der Waals surface area contributed by atoms with Crippen molar-refractivity contribution < 1.29 is 13.2 Å². The Morgan fingerprint density at radius 2 is 2.00 bits per heavy atom. The minimum atomic E-state index is -3.27. The average molecular weight is 395 g/mol. The highest BCUT2D eigenvalue weighted by molar-refractivity contribution is 7.90. The van der Waals surface area contributed by atoms with Crippen LogP contribution in [-0.4, -0.2) is 25.6 Å². The fraction of sp³-hybridized carbons (Fsp3) is 0.294. The molecule has 8 heteroatoms. The van der Waals surface area contributed by atoms with Crippen molar-refractivity contribution in [1.29, 1.82) is 0 Å². The number of aromatic nitrogens is 1. The van der Waals surface area contributed by atoms with Gasteiger partial charge in [-0.25, -0.2) is 13.4 Å². The van der Waals surface area contributed by atoms with E-state index in [0.29, 0.717) is 15.5 Å². The number of anilines is 1. The minimum Gasteiger partial charge on any atom is -0.297 e. The smallest absolute Gasteiger partial charge is 0.267 e. The lowest BCUT2D eigenvalue weighted by Crippen LogP contribution is -2.09. The van der Waals surface area contributed by atoms with E-state index in [1.165, 1.54) is 40.6 Å². The molecule has 0 aliphatic carbocycles. The SMILES string of the molecule is CCCc1cc(C(=O)Nc2nc3ccc(S(C)(=O)=O)cc3s2)sc1C. The van der Waals surface area contributed by atoms with Crippen molar-refractivity contribution in [3.63, 3.8) is 0 Å². The zero-order valence-electron chi connectivity index (χ0n) is 14.1. The van der Waals surface area contributed by atoms with Crippen LogP contribution in [0.15, 0.2) is 29.2 Å². The van der Waals surface area contributed by atoms with Crippen molar-refractivity contribution in [2.45, 2.75) is 31.6 Å². The second kappa shape index (κ2) is 6.86. The van der Waals surface area contributed by atoms with Crippen molar-refractivity contribution in [1.82, 2.24) is 4.98 Å². The van der Waals surface area contributed by atoms with Gasteiger partial charge < -0.3 is 0 Å². The third-order valence-electron chi connectivity index (χ3n) is 3.77. The van der Waals surface area contributed by atoms with Crippen LogP contribution in [0.25, 0.3) is 10.2 Å². The molecule has 0 aliphatic heterocycles. The number of hydrogen-bond acceptors (Lipinski definition) is 6. The van der Waals surface area contributed by atoms with E-state index < -0.39 is 9.84 Å². The summed E-state index contributed by atoms with van der Waals surface area (Å²) in [5.74, 6) is -0.183. The summed E-state index contributed by atoms with van der Waals surface area (Å²) in [6.45, 7) is 4.14. The number of carbonyl (C=O) groups excluding carboxylic acids is 1. The predicted octanol–water partition coefficient (Wildman–Crippen LogP) is 4.27. The molecule has 0 aliphatic rings. The van der Waals surface area contributed by atoms with Gasteiger partial charge in [-0.1, -0.05) is 24.7 Å². The van der Waals surface area contributed by atoms with Crippen molar-refractivity contribution in [3.8, 4) is 0 Å². The first-order chi connectivity index (χ1) is 11.8. The zero-order valence-corrected chi connectivity index (χ0v) is 16.6. The normalized spacial score (nSPS) is 11.8. The first kappa shape index (κ1) is 18.0. The van der Waals surface area contributed by atoms with Crippen LogP contribution in [-0.2, 0) is 16.3 Å². The van der Waals surface area contributed by atoms with Crippen LogP contribution in [0.3, 0.4) is 0 Å². The van der Waals surface area contributed by atoms with E-state index in [2.05, 4.69) is 17.2 Å². The third kappa shape index (κ3) is 3.91. The van der Waals surface area contributed by atoms with Crippen LogP contribution in [0.4, 0.5) is 5.13 Å². The Morgan fingerprint density at radius 3 is 2.68 bits per heavy atom. The summed E-state index contributed by atoms with van der Waals surface area (Å²) >= 11 is 2.75. The third-order valence-corrected chi connectivity index (χ3v) is 6.91. The Bertz CT molecular complexity index is 1050. The number of nitrogens with one attached hydrogen (secondary N) is 1. The molecule has 2 aromatic heterocycles. The molecule has 3 aromatic rings. The number of sulfone groups is 1. The summed E-state index contributed by atoms with van der Waals surface area (Å²) in [6, 6.07) is 6.72. The van der Waals surface area contributed by atoms with Gasteiger partial charge in [-0.15, -0.1) is 11.3 Å². The van der Waals surface area contributed by atoms with Crippen LogP contribution in [0, 0.1) is 6.92 Å². The van der Waals surface area contributed by atoms with E-state index >= 15 is 0 Å². The molecule has 0 radical (unpaired) electrons. The second-order valence-electron chi connectivity index (χ2n) is 5.82. The molecular formula is C17H18N2O3S3. The van der Waals surface area contributed by atoms with Gasteiger partial charge in [0.2, 0.25) is 0 Å². The summed E-state index contributed by atoms with van der Waals surface area (Å²) < 4.78 is 24.0. The number of aryl methyl sites for hydroxylation is 2. The van der Waals surface area contributed by atoms with Gasteiger partial charge in [0.15, 0.2) is 15.0 Å². The van der Waals surface area contributed by atoms with Crippen molar-refractivity contribution in [3.05, 3.63) is 39.6 Å². The van der Waals surface area contributed by atoms with Crippen LogP contribution < -0.4 is 5.32 Å². The van der Waals surface area contributed by atoms with Crippen LogP contribution in [0.2, 0.25) is 0 Å². The monoisotopic (exact) mass is 394 g/mol. The fourth-order valence-electron chi connectivity index (χ4n) is 2.50. The molecule has 132 valence electrons. The lowest BCUT2D eigenvalue weighted by molar-refractivity contribution is 0.103. The number of fused-ring (bicyclic) bond motifs is 1. The van der Waals surface area contributed by atoms with E-state index in [9.17, 15) is 13.2 Å². The van der Waals surface area contributed by atoms with Gasteiger partial charge in [0.25, 0.3) is 5.91 Å². The number of benzene rings is 1. The lowest BCUT2D eigenvalue weighted by atomic mass is 10.1. The maximum atomic E-state index is 12.5. The number of carbonyl (C=O) groups is 1. The fourth-order valence-corrected chi connectivity index (χ4v) is 5.09. The minimum absolute atomic E-state index is 0.183. The average Bonchev–Trinajstić information content (AvgIpc) is 3.09. The molecule has 0 unspecified atom stereocenters. The van der Waals surface area contributed by atoms with E-state index in [0.717, 1.165) is 22.4 Å². The molecule has 0 bridgehead atoms. The Hall–Kier alpha value is -1.77. The Balaban J connectivity index is 1.85. The number of thiazole rings is 1. The van der Waals surface area contributed by atoms with Crippen molar-refractivity contribution >= 4 is 53.8 Å². The van der Waals surface area contributed by atoms with Crippen molar-refractivity contribution in [2.75, 3.05) is 11.6 Å². The molecule has 1 N–H and O–H groups in total. The van der Waals surface area contributed by atoms with Crippen molar-refractivity contribution in [2.24, 2.45) is 0 Å². The first-order valence-electron chi connectivity index (χ1n) is 7.79. The summed E-state index contributed by atoms with van der Waals surface area (Å²) in [5.41, 5.74) is 1.88. The molecule has 0 saturated heterocycles. The van der Waals surface area contributed by atoms with E-state index in [1.54, 1.807) is 12.1 Å².